The summed E-state index contributed by atoms with van der Waals surface area (Å²) in [4.78, 5) is 21.8. The third kappa shape index (κ3) is 3.38. The Morgan fingerprint density at radius 2 is 2.41 bits per heavy atom. The minimum atomic E-state index is -0.334. The molecule has 22 heavy (non-hydrogen) atoms. The van der Waals surface area contributed by atoms with Crippen molar-refractivity contribution >= 4 is 11.7 Å². The second-order valence-electron chi connectivity index (χ2n) is 5.24. The van der Waals surface area contributed by atoms with Crippen LogP contribution in [0.3, 0.4) is 0 Å². The second-order valence-corrected chi connectivity index (χ2v) is 5.24. The molecule has 0 aromatic carbocycles. The maximum Gasteiger partial charge on any atom is 0.220 e. The summed E-state index contributed by atoms with van der Waals surface area (Å²) in [5.41, 5.74) is 0. The number of hydrogen-bond donors (Lipinski definition) is 2. The number of rotatable bonds is 5. The van der Waals surface area contributed by atoms with Crippen LogP contribution in [-0.2, 0) is 11.2 Å². The molecule has 2 aromatic rings. The summed E-state index contributed by atoms with van der Waals surface area (Å²) in [5, 5.41) is 9.43. The zero-order valence-corrected chi connectivity index (χ0v) is 12.0. The molecule has 3 rings (SSSR count). The fourth-order valence-electron chi connectivity index (χ4n) is 2.56. The van der Waals surface area contributed by atoms with Crippen LogP contribution < -0.4 is 10.2 Å². The fraction of sp³-hybridized carbons (Fsp3) is 0.429. The number of halogens is 1. The van der Waals surface area contributed by atoms with Crippen LogP contribution in [0.2, 0.25) is 0 Å². The number of amides is 1. The first-order valence-electron chi connectivity index (χ1n) is 7.21. The molecule has 2 N–H and O–H groups in total. The first kappa shape index (κ1) is 14.4. The lowest BCUT2D eigenvalue weighted by atomic mass is 10.2. The van der Waals surface area contributed by atoms with Gasteiger partial charge in [-0.2, -0.15) is 5.10 Å². The van der Waals surface area contributed by atoms with Crippen molar-refractivity contribution in [1.82, 2.24) is 25.5 Å². The largest absolute Gasteiger partial charge is 0.352 e. The molecule has 1 amide bonds. The van der Waals surface area contributed by atoms with Gasteiger partial charge in [0.15, 0.2) is 11.6 Å². The summed E-state index contributed by atoms with van der Waals surface area (Å²) in [7, 11) is 0. The molecule has 2 aromatic heterocycles. The summed E-state index contributed by atoms with van der Waals surface area (Å²) in [6.45, 7) is 1.25. The van der Waals surface area contributed by atoms with E-state index >= 15 is 0 Å². The van der Waals surface area contributed by atoms with Gasteiger partial charge in [-0.15, -0.1) is 0 Å². The molecule has 1 unspecified atom stereocenters. The minimum absolute atomic E-state index is 0.0173. The molecule has 0 saturated carbocycles. The molecule has 3 heterocycles. The van der Waals surface area contributed by atoms with Gasteiger partial charge in [-0.1, -0.05) is 0 Å². The first-order valence-corrected chi connectivity index (χ1v) is 7.21. The fourth-order valence-corrected chi connectivity index (χ4v) is 2.56. The number of aromatic amines is 1. The summed E-state index contributed by atoms with van der Waals surface area (Å²) < 4.78 is 13.7. The molecule has 1 atom stereocenters. The van der Waals surface area contributed by atoms with Gasteiger partial charge in [0.1, 0.15) is 12.2 Å². The number of nitrogens with one attached hydrogen (secondary N) is 2. The van der Waals surface area contributed by atoms with Gasteiger partial charge >= 0.3 is 0 Å². The third-order valence-electron chi connectivity index (χ3n) is 3.65. The van der Waals surface area contributed by atoms with Gasteiger partial charge in [-0.3, -0.25) is 9.89 Å². The van der Waals surface area contributed by atoms with E-state index in [1.807, 2.05) is 4.90 Å². The van der Waals surface area contributed by atoms with Crippen LogP contribution in [0, 0.1) is 5.82 Å². The third-order valence-corrected chi connectivity index (χ3v) is 3.65. The van der Waals surface area contributed by atoms with Gasteiger partial charge < -0.3 is 10.2 Å². The molecule has 116 valence electrons. The van der Waals surface area contributed by atoms with E-state index in [4.69, 9.17) is 0 Å². The highest BCUT2D eigenvalue weighted by atomic mass is 19.1. The van der Waals surface area contributed by atoms with Crippen molar-refractivity contribution in [3.63, 3.8) is 0 Å². The summed E-state index contributed by atoms with van der Waals surface area (Å²) in [6.07, 6.45) is 4.65. The van der Waals surface area contributed by atoms with Crippen LogP contribution in [0.4, 0.5) is 10.2 Å². The smallest absolute Gasteiger partial charge is 0.220 e. The van der Waals surface area contributed by atoms with Gasteiger partial charge in [0, 0.05) is 38.2 Å². The number of carbonyl (C=O) groups is 1. The number of anilines is 1. The molecule has 0 spiro atoms. The van der Waals surface area contributed by atoms with Gasteiger partial charge in [-0.25, -0.2) is 14.4 Å². The van der Waals surface area contributed by atoms with Crippen molar-refractivity contribution in [2.75, 3.05) is 18.0 Å². The number of carbonyl (C=O) groups excluding carboxylic acids is 1. The predicted octanol–water partition coefficient (Wildman–Crippen LogP) is 0.666. The molecule has 1 fully saturated rings. The van der Waals surface area contributed by atoms with Gasteiger partial charge in [0.05, 0.1) is 0 Å². The normalized spacial score (nSPS) is 17.7. The van der Waals surface area contributed by atoms with Crippen molar-refractivity contribution < 1.29 is 9.18 Å². The molecule has 8 heteroatoms. The standard InChI is InChI=1S/C14H17FN6O/c15-11-2-1-6-16-14(11)21-7-5-10(8-21)19-13(22)4-3-12-17-9-18-20-12/h1-2,6,9-10H,3-5,7-8H2,(H,19,22)(H,17,18,20). The van der Waals surface area contributed by atoms with E-state index in [9.17, 15) is 9.18 Å². The predicted molar refractivity (Wildman–Crippen MR) is 77.7 cm³/mol. The Morgan fingerprint density at radius 1 is 1.50 bits per heavy atom. The Bertz CT molecular complexity index is 632. The zero-order valence-electron chi connectivity index (χ0n) is 12.0. The van der Waals surface area contributed by atoms with Crippen LogP contribution in [0.25, 0.3) is 0 Å². The first-order chi connectivity index (χ1) is 10.7. The second kappa shape index (κ2) is 6.50. The van der Waals surface area contributed by atoms with E-state index in [2.05, 4.69) is 25.5 Å². The highest BCUT2D eigenvalue weighted by Crippen LogP contribution is 2.20. The molecular formula is C14H17FN6O. The Morgan fingerprint density at radius 3 is 3.18 bits per heavy atom. The lowest BCUT2D eigenvalue weighted by molar-refractivity contribution is -0.121. The van der Waals surface area contributed by atoms with E-state index in [1.54, 1.807) is 12.3 Å². The van der Waals surface area contributed by atoms with Crippen molar-refractivity contribution in [3.8, 4) is 0 Å². The maximum atomic E-state index is 13.7. The number of aromatic nitrogens is 4. The quantitative estimate of drug-likeness (QED) is 0.847. The Hall–Kier alpha value is -2.51. The van der Waals surface area contributed by atoms with Crippen LogP contribution in [0.5, 0.6) is 0 Å². The molecule has 0 bridgehead atoms. The number of pyridine rings is 1. The minimum Gasteiger partial charge on any atom is -0.352 e. The average Bonchev–Trinajstić information content (AvgIpc) is 3.17. The molecule has 7 nitrogen and oxygen atoms in total. The maximum absolute atomic E-state index is 13.7. The van der Waals surface area contributed by atoms with E-state index in [0.717, 1.165) is 6.42 Å². The lowest BCUT2D eigenvalue weighted by Crippen LogP contribution is -2.37. The topological polar surface area (TPSA) is 86.8 Å². The highest BCUT2D eigenvalue weighted by Gasteiger charge is 2.26. The van der Waals surface area contributed by atoms with E-state index in [0.29, 0.717) is 37.6 Å². The zero-order chi connectivity index (χ0) is 15.4. The van der Waals surface area contributed by atoms with E-state index < -0.39 is 0 Å². The highest BCUT2D eigenvalue weighted by molar-refractivity contribution is 5.76. The average molecular weight is 304 g/mol. The lowest BCUT2D eigenvalue weighted by Gasteiger charge is -2.18. The van der Waals surface area contributed by atoms with Crippen LogP contribution in [0.15, 0.2) is 24.7 Å². The van der Waals surface area contributed by atoms with Crippen molar-refractivity contribution in [2.24, 2.45) is 0 Å². The molecule has 1 aliphatic rings. The van der Waals surface area contributed by atoms with E-state index in [1.165, 1.54) is 12.4 Å². The van der Waals surface area contributed by atoms with Crippen molar-refractivity contribution in [3.05, 3.63) is 36.3 Å². The summed E-state index contributed by atoms with van der Waals surface area (Å²) >= 11 is 0. The molecule has 0 aliphatic carbocycles. The molecule has 1 aliphatic heterocycles. The Balaban J connectivity index is 1.48. The van der Waals surface area contributed by atoms with Crippen molar-refractivity contribution in [1.29, 1.82) is 0 Å². The number of H-pyrrole nitrogens is 1. The van der Waals surface area contributed by atoms with Crippen LogP contribution in [-0.4, -0.2) is 45.2 Å². The van der Waals surface area contributed by atoms with Crippen LogP contribution in [0.1, 0.15) is 18.7 Å². The number of nitrogens with zero attached hydrogens (tertiary/aromatic N) is 4. The molecular weight excluding hydrogens is 287 g/mol. The number of aryl methyl sites for hydroxylation is 1. The van der Waals surface area contributed by atoms with Gasteiger partial charge in [0.25, 0.3) is 0 Å². The van der Waals surface area contributed by atoms with Crippen molar-refractivity contribution in [2.45, 2.75) is 25.3 Å². The summed E-state index contributed by atoms with van der Waals surface area (Å²) in [6, 6.07) is 2.98. The van der Waals surface area contributed by atoms with Gasteiger partial charge in [0.2, 0.25) is 5.91 Å². The Kier molecular flexibility index (Phi) is 4.27. The molecule has 1 saturated heterocycles. The SMILES string of the molecule is O=C(CCc1ncn[nH]1)NC1CCN(c2ncccc2F)C1. The van der Waals surface area contributed by atoms with Crippen LogP contribution >= 0.6 is 0 Å². The van der Waals surface area contributed by atoms with Gasteiger partial charge in [-0.05, 0) is 18.6 Å². The Labute approximate surface area is 127 Å². The summed E-state index contributed by atoms with van der Waals surface area (Å²) in [5.74, 6) is 0.671. The monoisotopic (exact) mass is 304 g/mol. The van der Waals surface area contributed by atoms with E-state index in [-0.39, 0.29) is 17.8 Å². The molecule has 0 radical (unpaired) electrons. The number of hydrogen-bond acceptors (Lipinski definition) is 5.